The van der Waals surface area contributed by atoms with E-state index in [0.29, 0.717) is 23.3 Å². The summed E-state index contributed by atoms with van der Waals surface area (Å²) in [5.41, 5.74) is 19.7. The lowest BCUT2D eigenvalue weighted by molar-refractivity contribution is 1.07. The molecule has 9 aromatic carbocycles. The molecule has 6 nitrogen and oxygen atoms in total. The molecule has 12 rings (SSSR count). The third-order valence-corrected chi connectivity index (χ3v) is 13.2. The molecule has 3 aromatic heterocycles. The largest absolute Gasteiger partial charge is 0.308 e. The zero-order valence-corrected chi connectivity index (χ0v) is 40.0. The highest BCUT2D eigenvalue weighted by molar-refractivity contribution is 6.11. The Morgan fingerprint density at radius 2 is 0.648 bits per heavy atom. The van der Waals surface area contributed by atoms with Crippen molar-refractivity contribution in [3.05, 3.63) is 241 Å². The van der Waals surface area contributed by atoms with Crippen molar-refractivity contribution >= 4 is 21.8 Å². The maximum Gasteiger partial charge on any atom is 0.164 e. The number of hydrogen-bond acceptors (Lipinski definition) is 5. The van der Waals surface area contributed by atoms with E-state index in [1.165, 1.54) is 33.4 Å². The van der Waals surface area contributed by atoms with Gasteiger partial charge in [-0.05, 0) is 86.3 Å². The molecule has 0 spiro atoms. The summed E-state index contributed by atoms with van der Waals surface area (Å²) in [5, 5.41) is 2.30. The average Bonchev–Trinajstić information content (AvgIpc) is 3.73. The number of nitrogens with zero attached hydrogens (tertiary/aromatic N) is 6. The quantitative estimate of drug-likeness (QED) is 0.144. The van der Waals surface area contributed by atoms with Crippen LogP contribution in [0.3, 0.4) is 0 Å². The van der Waals surface area contributed by atoms with E-state index >= 15 is 0 Å². The smallest absolute Gasteiger partial charge is 0.164 e. The molecule has 12 aromatic rings. The van der Waals surface area contributed by atoms with Crippen molar-refractivity contribution in [1.82, 2.24) is 29.5 Å². The van der Waals surface area contributed by atoms with Gasteiger partial charge in [-0.1, -0.05) is 204 Å². The van der Waals surface area contributed by atoms with E-state index in [9.17, 15) is 0 Å². The number of rotatable bonds is 9. The van der Waals surface area contributed by atoms with Gasteiger partial charge in [-0.25, -0.2) is 24.9 Å². The Kier molecular flexibility index (Phi) is 11.0. The normalized spacial score (nSPS) is 11.4. The molecule has 71 heavy (non-hydrogen) atoms. The number of aromatic nitrogens is 6. The van der Waals surface area contributed by atoms with Crippen LogP contribution in [0.1, 0.15) is 22.3 Å². The molecule has 0 saturated carbocycles. The molecular weight excluding hydrogens is 865 g/mol. The van der Waals surface area contributed by atoms with E-state index in [-0.39, 0.29) is 0 Å². The van der Waals surface area contributed by atoms with Crippen LogP contribution < -0.4 is 0 Å². The zero-order valence-electron chi connectivity index (χ0n) is 40.0. The van der Waals surface area contributed by atoms with E-state index in [1.807, 2.05) is 72.8 Å². The Bertz CT molecular complexity index is 3690. The molecule has 3 heterocycles. The van der Waals surface area contributed by atoms with Crippen LogP contribution in [0.15, 0.2) is 218 Å². The van der Waals surface area contributed by atoms with E-state index in [4.69, 9.17) is 24.9 Å². The van der Waals surface area contributed by atoms with Crippen LogP contribution in [0.2, 0.25) is 0 Å². The Morgan fingerprint density at radius 1 is 0.268 bits per heavy atom. The maximum atomic E-state index is 5.49. The summed E-state index contributed by atoms with van der Waals surface area (Å²) in [6.45, 7) is 8.67. The SMILES string of the molecule is Cc1cc(C)cc(-c2ccc3c4ccc(-c5cc(C)cc(C)c5)cc4n(-c4ccc(-c5nc(-c6ccccc6)nc(-c6ccccc6)n5)cc4-c4nc(-c5ccccc5)cc(-c5ccccc5)n4)c3c2)c1. The van der Waals surface area contributed by atoms with Gasteiger partial charge in [0.2, 0.25) is 0 Å². The topological polar surface area (TPSA) is 69.4 Å². The third kappa shape index (κ3) is 8.46. The first-order valence-corrected chi connectivity index (χ1v) is 24.1. The molecule has 0 unspecified atom stereocenters. The van der Waals surface area contributed by atoms with Crippen molar-refractivity contribution in [1.29, 1.82) is 0 Å². The van der Waals surface area contributed by atoms with E-state index in [0.717, 1.165) is 83.4 Å². The predicted octanol–water partition coefficient (Wildman–Crippen LogP) is 16.3. The van der Waals surface area contributed by atoms with Crippen LogP contribution in [0.4, 0.5) is 0 Å². The van der Waals surface area contributed by atoms with E-state index < -0.39 is 0 Å². The van der Waals surface area contributed by atoms with Gasteiger partial charge >= 0.3 is 0 Å². The first-order valence-electron chi connectivity index (χ1n) is 24.1. The van der Waals surface area contributed by atoms with Crippen molar-refractivity contribution in [2.75, 3.05) is 0 Å². The van der Waals surface area contributed by atoms with Crippen LogP contribution in [0.5, 0.6) is 0 Å². The second-order valence-corrected chi connectivity index (χ2v) is 18.5. The summed E-state index contributed by atoms with van der Waals surface area (Å²) >= 11 is 0. The van der Waals surface area contributed by atoms with Crippen molar-refractivity contribution in [2.24, 2.45) is 0 Å². The first kappa shape index (κ1) is 43.2. The van der Waals surface area contributed by atoms with Gasteiger partial charge in [0, 0.05) is 44.2 Å². The Morgan fingerprint density at radius 3 is 1.07 bits per heavy atom. The summed E-state index contributed by atoms with van der Waals surface area (Å²) in [7, 11) is 0. The molecule has 0 saturated heterocycles. The van der Waals surface area contributed by atoms with E-state index in [1.54, 1.807) is 0 Å². The Hall–Kier alpha value is -9.13. The van der Waals surface area contributed by atoms with Crippen LogP contribution in [0, 0.1) is 27.7 Å². The Labute approximate surface area is 413 Å². The predicted molar refractivity (Wildman–Crippen MR) is 292 cm³/mol. The lowest BCUT2D eigenvalue weighted by Gasteiger charge is -2.17. The highest BCUT2D eigenvalue weighted by Gasteiger charge is 2.23. The molecule has 338 valence electrons. The lowest BCUT2D eigenvalue weighted by atomic mass is 9.98. The molecule has 0 radical (unpaired) electrons. The molecule has 0 amide bonds. The number of benzene rings is 9. The number of hydrogen-bond donors (Lipinski definition) is 0. The second-order valence-electron chi connectivity index (χ2n) is 18.5. The number of fused-ring (bicyclic) bond motifs is 3. The molecule has 0 fully saturated rings. The molecule has 0 atom stereocenters. The second kappa shape index (κ2) is 18.1. The maximum absolute atomic E-state index is 5.49. The molecule has 0 aliphatic carbocycles. The van der Waals surface area contributed by atoms with Gasteiger partial charge < -0.3 is 4.57 Å². The van der Waals surface area contributed by atoms with Gasteiger partial charge in [0.15, 0.2) is 23.3 Å². The minimum Gasteiger partial charge on any atom is -0.308 e. The lowest BCUT2D eigenvalue weighted by Crippen LogP contribution is -2.04. The fourth-order valence-electron chi connectivity index (χ4n) is 9.99. The van der Waals surface area contributed by atoms with Gasteiger partial charge in [-0.2, -0.15) is 0 Å². The van der Waals surface area contributed by atoms with Crippen LogP contribution in [0.25, 0.3) is 118 Å². The molecule has 0 aliphatic heterocycles. The third-order valence-electron chi connectivity index (χ3n) is 13.2. The molecule has 6 heteroatoms. The summed E-state index contributed by atoms with van der Waals surface area (Å²) in [6.07, 6.45) is 0. The van der Waals surface area contributed by atoms with Gasteiger partial charge in [0.05, 0.1) is 28.1 Å². The van der Waals surface area contributed by atoms with Gasteiger partial charge in [0.1, 0.15) is 0 Å². The number of aryl methyl sites for hydroxylation is 4. The minimum atomic E-state index is 0.546. The average molecular weight is 913 g/mol. The monoisotopic (exact) mass is 912 g/mol. The molecular formula is C65H48N6. The molecule has 0 N–H and O–H groups in total. The van der Waals surface area contributed by atoms with Gasteiger partial charge in [-0.15, -0.1) is 0 Å². The first-order chi connectivity index (χ1) is 34.8. The van der Waals surface area contributed by atoms with Crippen molar-refractivity contribution < 1.29 is 0 Å². The van der Waals surface area contributed by atoms with Crippen molar-refractivity contribution in [2.45, 2.75) is 27.7 Å². The van der Waals surface area contributed by atoms with Crippen LogP contribution in [-0.2, 0) is 0 Å². The van der Waals surface area contributed by atoms with Crippen molar-refractivity contribution in [3.8, 4) is 96.0 Å². The fourth-order valence-corrected chi connectivity index (χ4v) is 9.99. The summed E-state index contributed by atoms with van der Waals surface area (Å²) in [5.74, 6) is 2.31. The molecule has 0 aliphatic rings. The minimum absolute atomic E-state index is 0.546. The van der Waals surface area contributed by atoms with Crippen LogP contribution >= 0.6 is 0 Å². The summed E-state index contributed by atoms with van der Waals surface area (Å²) in [4.78, 5) is 26.4. The fraction of sp³-hybridized carbons (Fsp3) is 0.0615. The van der Waals surface area contributed by atoms with Crippen molar-refractivity contribution in [3.63, 3.8) is 0 Å². The summed E-state index contributed by atoms with van der Waals surface area (Å²) in [6, 6.07) is 76.9. The van der Waals surface area contributed by atoms with Gasteiger partial charge in [-0.3, -0.25) is 0 Å². The Balaban J connectivity index is 1.18. The highest BCUT2D eigenvalue weighted by Crippen LogP contribution is 2.42. The van der Waals surface area contributed by atoms with E-state index in [2.05, 4.69) is 178 Å². The highest BCUT2D eigenvalue weighted by atomic mass is 15.0. The summed E-state index contributed by atoms with van der Waals surface area (Å²) < 4.78 is 2.42. The van der Waals surface area contributed by atoms with Crippen LogP contribution in [-0.4, -0.2) is 29.5 Å². The zero-order chi connectivity index (χ0) is 48.0. The van der Waals surface area contributed by atoms with Gasteiger partial charge in [0.25, 0.3) is 0 Å². The standard InChI is InChI=1S/C65H48N6/c1-41-31-42(2)34-52(33-41)49-25-28-54-55-29-26-50(53-35-43(3)32-44(4)36-53)39-61(55)71(60(54)38-49)59-30-27-51(64-69-62(47-21-13-7-14-22-47)68-63(70-64)48-23-15-8-16-24-48)37-56(59)65-66-57(45-17-9-5-10-18-45)40-58(67-65)46-19-11-6-12-20-46/h5-40H,1-4H3. The molecule has 0 bridgehead atoms.